The lowest BCUT2D eigenvalue weighted by molar-refractivity contribution is 0.263. The molecule has 3 N–H and O–H groups in total. The molecule has 0 spiro atoms. The number of ether oxygens (including phenoxy) is 1. The van der Waals surface area contributed by atoms with Crippen molar-refractivity contribution < 1.29 is 4.74 Å². The Morgan fingerprint density at radius 3 is 2.80 bits per heavy atom. The van der Waals surface area contributed by atoms with Crippen LogP contribution in [0.15, 0.2) is 17.5 Å². The molecular weight excluding hydrogens is 272 g/mol. The van der Waals surface area contributed by atoms with E-state index in [1.165, 1.54) is 0 Å². The molecule has 0 aromatic carbocycles. The number of nitrogens with two attached hydrogens (primary N) is 1. The van der Waals surface area contributed by atoms with Gasteiger partial charge in [-0.3, -0.25) is 0 Å². The number of aromatic nitrogens is 2. The topological polar surface area (TPSA) is 73.1 Å². The smallest absolute Gasteiger partial charge is 0.239 e. The minimum atomic E-state index is 0.436. The quantitative estimate of drug-likeness (QED) is 0.856. The molecule has 0 aliphatic rings. The van der Waals surface area contributed by atoms with Crippen molar-refractivity contribution in [1.82, 2.24) is 9.97 Å². The number of hydrogen-bond donors (Lipinski definition) is 2. The Morgan fingerprint density at radius 1 is 1.35 bits per heavy atom. The van der Waals surface area contributed by atoms with Crippen molar-refractivity contribution in [3.8, 4) is 5.88 Å². The highest BCUT2D eigenvalue weighted by atomic mass is 32.1. The molecule has 2 aromatic heterocycles. The number of nitrogens with zero attached hydrogens (tertiary/aromatic N) is 2. The van der Waals surface area contributed by atoms with Gasteiger partial charge >= 0.3 is 0 Å². The minimum absolute atomic E-state index is 0.436. The first-order chi connectivity index (χ1) is 9.54. The van der Waals surface area contributed by atoms with Gasteiger partial charge in [-0.15, -0.1) is 11.3 Å². The van der Waals surface area contributed by atoms with E-state index >= 15 is 0 Å². The van der Waals surface area contributed by atoms with Crippen molar-refractivity contribution in [2.24, 2.45) is 5.92 Å². The molecule has 0 atom stereocenters. The van der Waals surface area contributed by atoms with Crippen LogP contribution in [-0.4, -0.2) is 16.6 Å². The van der Waals surface area contributed by atoms with Crippen LogP contribution in [0.3, 0.4) is 0 Å². The number of thiazole rings is 1. The highest BCUT2D eigenvalue weighted by Crippen LogP contribution is 2.22. The fraction of sp³-hybridized carbons (Fsp3) is 0.429. The van der Waals surface area contributed by atoms with Gasteiger partial charge in [0.05, 0.1) is 29.5 Å². The molecule has 0 fully saturated rings. The summed E-state index contributed by atoms with van der Waals surface area (Å²) in [6, 6.07) is 3.65. The summed E-state index contributed by atoms with van der Waals surface area (Å²) in [5, 5.41) is 6.33. The number of rotatable bonds is 6. The van der Waals surface area contributed by atoms with E-state index in [1.54, 1.807) is 17.4 Å². The average molecular weight is 292 g/mol. The Hall–Kier alpha value is -1.82. The van der Waals surface area contributed by atoms with E-state index in [2.05, 4.69) is 29.1 Å². The standard InChI is InChI=1S/C14H20N4OS/c1-9(2)7-19-14-12(15)4-5-13(18-14)16-6-11-8-20-10(3)17-11/h4-5,8-9H,6-7,15H2,1-3H3,(H,16,18). The number of aryl methyl sites for hydroxylation is 1. The highest BCUT2D eigenvalue weighted by molar-refractivity contribution is 7.09. The maximum absolute atomic E-state index is 5.86. The van der Waals surface area contributed by atoms with Crippen LogP contribution in [-0.2, 0) is 6.54 Å². The van der Waals surface area contributed by atoms with E-state index in [1.807, 2.05) is 18.4 Å². The molecule has 0 aliphatic heterocycles. The Kier molecular flexibility index (Phi) is 4.79. The molecular formula is C14H20N4OS. The molecule has 0 radical (unpaired) electrons. The summed E-state index contributed by atoms with van der Waals surface area (Å²) < 4.78 is 5.61. The van der Waals surface area contributed by atoms with E-state index < -0.39 is 0 Å². The zero-order valence-corrected chi connectivity index (χ0v) is 12.8. The molecule has 2 heterocycles. The second-order valence-corrected chi connectivity index (χ2v) is 6.07. The SMILES string of the molecule is Cc1nc(CNc2ccc(N)c(OCC(C)C)n2)cs1. The summed E-state index contributed by atoms with van der Waals surface area (Å²) in [5.41, 5.74) is 7.43. The molecule has 2 rings (SSSR count). The molecule has 0 bridgehead atoms. The lowest BCUT2D eigenvalue weighted by atomic mass is 10.2. The number of nitrogen functional groups attached to an aromatic ring is 1. The second kappa shape index (κ2) is 6.56. The zero-order chi connectivity index (χ0) is 14.5. The summed E-state index contributed by atoms with van der Waals surface area (Å²) >= 11 is 1.64. The lowest BCUT2D eigenvalue weighted by Crippen LogP contribution is -2.09. The zero-order valence-electron chi connectivity index (χ0n) is 12.0. The summed E-state index contributed by atoms with van der Waals surface area (Å²) in [7, 11) is 0. The molecule has 5 nitrogen and oxygen atoms in total. The van der Waals surface area contributed by atoms with Gasteiger partial charge in [0.1, 0.15) is 5.82 Å². The molecule has 6 heteroatoms. The van der Waals surface area contributed by atoms with Crippen LogP contribution in [0.4, 0.5) is 11.5 Å². The van der Waals surface area contributed by atoms with Crippen molar-refractivity contribution in [1.29, 1.82) is 0 Å². The number of nitrogens with one attached hydrogen (secondary N) is 1. The van der Waals surface area contributed by atoms with E-state index in [0.717, 1.165) is 16.5 Å². The van der Waals surface area contributed by atoms with Crippen LogP contribution in [0, 0.1) is 12.8 Å². The first kappa shape index (κ1) is 14.6. The molecule has 20 heavy (non-hydrogen) atoms. The maximum atomic E-state index is 5.86. The Balaban J connectivity index is 1.99. The fourth-order valence-electron chi connectivity index (χ4n) is 1.58. The average Bonchev–Trinajstić information content (AvgIpc) is 2.82. The van der Waals surface area contributed by atoms with Crippen LogP contribution in [0.25, 0.3) is 0 Å². The van der Waals surface area contributed by atoms with E-state index in [4.69, 9.17) is 10.5 Å². The summed E-state index contributed by atoms with van der Waals surface area (Å²) in [4.78, 5) is 8.78. The van der Waals surface area contributed by atoms with Gasteiger partial charge in [-0.2, -0.15) is 4.98 Å². The van der Waals surface area contributed by atoms with Gasteiger partial charge in [-0.05, 0) is 25.0 Å². The predicted molar refractivity (Wildman–Crippen MR) is 83.2 cm³/mol. The lowest BCUT2D eigenvalue weighted by Gasteiger charge is -2.11. The van der Waals surface area contributed by atoms with Gasteiger partial charge in [-0.1, -0.05) is 13.8 Å². The van der Waals surface area contributed by atoms with Crippen molar-refractivity contribution in [2.75, 3.05) is 17.7 Å². The number of hydrogen-bond acceptors (Lipinski definition) is 6. The Bertz CT molecular complexity index is 568. The first-order valence-corrected chi connectivity index (χ1v) is 7.46. The van der Waals surface area contributed by atoms with Crippen molar-refractivity contribution in [3.05, 3.63) is 28.2 Å². The van der Waals surface area contributed by atoms with Gasteiger partial charge in [-0.25, -0.2) is 4.98 Å². The van der Waals surface area contributed by atoms with Gasteiger partial charge in [0.2, 0.25) is 5.88 Å². The molecule has 108 valence electrons. The third kappa shape index (κ3) is 4.09. The van der Waals surface area contributed by atoms with Gasteiger partial charge in [0.15, 0.2) is 0 Å². The van der Waals surface area contributed by atoms with E-state index in [-0.39, 0.29) is 0 Å². The summed E-state index contributed by atoms with van der Waals surface area (Å²) in [6.07, 6.45) is 0. The minimum Gasteiger partial charge on any atom is -0.476 e. The first-order valence-electron chi connectivity index (χ1n) is 6.59. The van der Waals surface area contributed by atoms with Crippen LogP contribution < -0.4 is 15.8 Å². The second-order valence-electron chi connectivity index (χ2n) is 5.01. The van der Waals surface area contributed by atoms with Crippen LogP contribution >= 0.6 is 11.3 Å². The van der Waals surface area contributed by atoms with E-state index in [9.17, 15) is 0 Å². The molecule has 0 saturated carbocycles. The highest BCUT2D eigenvalue weighted by Gasteiger charge is 2.06. The van der Waals surface area contributed by atoms with E-state index in [0.29, 0.717) is 30.6 Å². The largest absolute Gasteiger partial charge is 0.476 e. The number of pyridine rings is 1. The van der Waals surface area contributed by atoms with Crippen molar-refractivity contribution in [2.45, 2.75) is 27.3 Å². The van der Waals surface area contributed by atoms with Crippen LogP contribution in [0.2, 0.25) is 0 Å². The molecule has 0 unspecified atom stereocenters. The molecule has 2 aromatic rings. The van der Waals surface area contributed by atoms with Gasteiger partial charge < -0.3 is 15.8 Å². The Morgan fingerprint density at radius 2 is 2.15 bits per heavy atom. The molecule has 0 saturated heterocycles. The number of anilines is 2. The third-order valence-corrected chi connectivity index (χ3v) is 3.38. The van der Waals surface area contributed by atoms with Gasteiger partial charge in [0, 0.05) is 5.38 Å². The van der Waals surface area contributed by atoms with Crippen molar-refractivity contribution in [3.63, 3.8) is 0 Å². The Labute approximate surface area is 123 Å². The monoisotopic (exact) mass is 292 g/mol. The van der Waals surface area contributed by atoms with Crippen LogP contribution in [0.5, 0.6) is 5.88 Å². The third-order valence-electron chi connectivity index (χ3n) is 2.56. The molecule has 0 aliphatic carbocycles. The summed E-state index contributed by atoms with van der Waals surface area (Å²) in [5.74, 6) is 1.66. The summed E-state index contributed by atoms with van der Waals surface area (Å²) in [6.45, 7) is 7.41. The van der Waals surface area contributed by atoms with Crippen LogP contribution in [0.1, 0.15) is 24.5 Å². The predicted octanol–water partition coefficient (Wildman–Crippen LogP) is 3.08. The normalized spacial score (nSPS) is 10.8. The van der Waals surface area contributed by atoms with Crippen molar-refractivity contribution >= 4 is 22.8 Å². The fourth-order valence-corrected chi connectivity index (χ4v) is 2.19. The molecule has 0 amide bonds. The van der Waals surface area contributed by atoms with Gasteiger partial charge in [0.25, 0.3) is 0 Å². The maximum Gasteiger partial charge on any atom is 0.239 e.